The monoisotopic (exact) mass is 361 g/mol. The second-order valence-corrected chi connectivity index (χ2v) is 6.76. The first-order valence-corrected chi connectivity index (χ1v) is 8.77. The van der Waals surface area contributed by atoms with Gasteiger partial charge in [-0.05, 0) is 48.7 Å². The molecule has 27 heavy (non-hydrogen) atoms. The van der Waals surface area contributed by atoms with Crippen LogP contribution < -0.4 is 10.6 Å². The summed E-state index contributed by atoms with van der Waals surface area (Å²) in [6, 6.07) is 14.3. The summed E-state index contributed by atoms with van der Waals surface area (Å²) in [5, 5.41) is 13.3. The second kappa shape index (κ2) is 7.03. The van der Waals surface area contributed by atoms with Gasteiger partial charge in [0.25, 0.3) is 5.91 Å². The minimum absolute atomic E-state index is 0.0155. The van der Waals surface area contributed by atoms with E-state index in [-0.39, 0.29) is 17.7 Å². The zero-order valence-electron chi connectivity index (χ0n) is 14.8. The number of benzene rings is 2. The van der Waals surface area contributed by atoms with Crippen molar-refractivity contribution in [3.8, 4) is 5.69 Å². The van der Waals surface area contributed by atoms with Crippen molar-refractivity contribution in [2.45, 2.75) is 13.3 Å². The quantitative estimate of drug-likeness (QED) is 0.731. The average molecular weight is 361 g/mol. The number of rotatable bonds is 5. The minimum atomic E-state index is -0.244. The fraction of sp³-hybridized carbons (Fsp3) is 0.200. The third-order valence-corrected chi connectivity index (χ3v) is 4.66. The average Bonchev–Trinajstić information content (AvgIpc) is 3.17. The fourth-order valence-corrected chi connectivity index (χ4v) is 2.94. The molecule has 2 amide bonds. The summed E-state index contributed by atoms with van der Waals surface area (Å²) in [5.74, 6) is 0.297. The van der Waals surface area contributed by atoms with Crippen LogP contribution >= 0.6 is 0 Å². The summed E-state index contributed by atoms with van der Waals surface area (Å²) in [6.45, 7) is 2.06. The largest absolute Gasteiger partial charge is 0.326 e. The summed E-state index contributed by atoms with van der Waals surface area (Å²) in [6.07, 6.45) is 4.11. The van der Waals surface area contributed by atoms with Gasteiger partial charge in [-0.3, -0.25) is 14.2 Å². The molecule has 1 heterocycles. The van der Waals surface area contributed by atoms with Crippen molar-refractivity contribution in [3.63, 3.8) is 0 Å². The highest BCUT2D eigenvalue weighted by Crippen LogP contribution is 2.38. The van der Waals surface area contributed by atoms with Gasteiger partial charge in [-0.25, -0.2) is 0 Å². The highest BCUT2D eigenvalue weighted by atomic mass is 16.2. The van der Waals surface area contributed by atoms with E-state index in [9.17, 15) is 9.59 Å². The maximum atomic E-state index is 12.6. The number of hydrogen-bond acceptors (Lipinski definition) is 4. The Kier molecular flexibility index (Phi) is 4.42. The van der Waals surface area contributed by atoms with Crippen molar-refractivity contribution in [1.82, 2.24) is 14.8 Å². The molecule has 1 aliphatic rings. The van der Waals surface area contributed by atoms with E-state index in [2.05, 4.69) is 27.8 Å². The highest BCUT2D eigenvalue weighted by molar-refractivity contribution is 6.05. The number of hydrogen-bond donors (Lipinski definition) is 2. The summed E-state index contributed by atoms with van der Waals surface area (Å²) in [4.78, 5) is 24.7. The van der Waals surface area contributed by atoms with Crippen molar-refractivity contribution in [3.05, 3.63) is 66.7 Å². The summed E-state index contributed by atoms with van der Waals surface area (Å²) >= 11 is 0. The molecule has 0 aliphatic heterocycles. The Labute approximate surface area is 156 Å². The number of nitrogens with one attached hydrogen (secondary N) is 2. The first-order chi connectivity index (χ1) is 13.1. The van der Waals surface area contributed by atoms with Gasteiger partial charge in [0.1, 0.15) is 12.7 Å². The molecule has 7 heteroatoms. The van der Waals surface area contributed by atoms with Crippen molar-refractivity contribution in [2.75, 3.05) is 10.6 Å². The smallest absolute Gasteiger partial charge is 0.255 e. The molecule has 3 aromatic rings. The number of carbonyl (C=O) groups is 2. The van der Waals surface area contributed by atoms with Gasteiger partial charge >= 0.3 is 0 Å². The Hall–Kier alpha value is -3.48. The van der Waals surface area contributed by atoms with E-state index in [0.717, 1.165) is 12.1 Å². The lowest BCUT2D eigenvalue weighted by Gasteiger charge is -2.09. The van der Waals surface area contributed by atoms with Gasteiger partial charge in [0.05, 0.1) is 5.69 Å². The molecule has 2 aromatic carbocycles. The molecule has 0 spiro atoms. The van der Waals surface area contributed by atoms with Gasteiger partial charge in [0.15, 0.2) is 0 Å². The Morgan fingerprint density at radius 3 is 2.37 bits per heavy atom. The van der Waals surface area contributed by atoms with Crippen LogP contribution in [0, 0.1) is 11.8 Å². The van der Waals surface area contributed by atoms with E-state index in [1.54, 1.807) is 41.5 Å². The molecule has 7 nitrogen and oxygen atoms in total. The maximum Gasteiger partial charge on any atom is 0.255 e. The van der Waals surface area contributed by atoms with Crippen LogP contribution in [0.3, 0.4) is 0 Å². The molecule has 0 unspecified atom stereocenters. The van der Waals surface area contributed by atoms with Crippen LogP contribution in [0.25, 0.3) is 5.69 Å². The molecular weight excluding hydrogens is 342 g/mol. The van der Waals surface area contributed by atoms with Crippen molar-refractivity contribution >= 4 is 23.2 Å². The van der Waals surface area contributed by atoms with Crippen LogP contribution in [0.5, 0.6) is 0 Å². The van der Waals surface area contributed by atoms with Gasteiger partial charge in [-0.2, -0.15) is 0 Å². The zero-order chi connectivity index (χ0) is 18.8. The predicted molar refractivity (Wildman–Crippen MR) is 102 cm³/mol. The van der Waals surface area contributed by atoms with Crippen LogP contribution in [0.4, 0.5) is 11.4 Å². The van der Waals surface area contributed by atoms with E-state index in [1.807, 2.05) is 24.3 Å². The fourth-order valence-electron chi connectivity index (χ4n) is 2.94. The Balaban J connectivity index is 1.46. The van der Waals surface area contributed by atoms with Crippen LogP contribution in [-0.4, -0.2) is 26.6 Å². The topological polar surface area (TPSA) is 88.9 Å². The van der Waals surface area contributed by atoms with Crippen LogP contribution in [0.2, 0.25) is 0 Å². The lowest BCUT2D eigenvalue weighted by Crippen LogP contribution is -2.16. The van der Waals surface area contributed by atoms with Crippen LogP contribution in [0.15, 0.2) is 61.2 Å². The second-order valence-electron chi connectivity index (χ2n) is 6.76. The molecule has 136 valence electrons. The normalized spacial score (nSPS) is 18.0. The van der Waals surface area contributed by atoms with Crippen molar-refractivity contribution in [1.29, 1.82) is 0 Å². The Morgan fingerprint density at radius 1 is 1.00 bits per heavy atom. The summed E-state index contributed by atoms with van der Waals surface area (Å²) in [5.41, 5.74) is 2.61. The molecule has 1 aromatic heterocycles. The van der Waals surface area contributed by atoms with E-state index in [1.165, 1.54) is 0 Å². The molecule has 4 rings (SSSR count). The molecule has 2 N–H and O–H groups in total. The highest BCUT2D eigenvalue weighted by Gasteiger charge is 2.39. The number of anilines is 2. The van der Waals surface area contributed by atoms with E-state index in [0.29, 0.717) is 22.9 Å². The molecule has 1 saturated carbocycles. The number of carbonyl (C=O) groups excluding carboxylic acids is 2. The van der Waals surface area contributed by atoms with E-state index in [4.69, 9.17) is 0 Å². The zero-order valence-corrected chi connectivity index (χ0v) is 14.8. The van der Waals surface area contributed by atoms with Gasteiger partial charge in [-0.1, -0.05) is 19.1 Å². The molecule has 2 atom stereocenters. The van der Waals surface area contributed by atoms with Gasteiger partial charge in [0.2, 0.25) is 5.91 Å². The van der Waals surface area contributed by atoms with E-state index >= 15 is 0 Å². The first kappa shape index (κ1) is 17.0. The van der Waals surface area contributed by atoms with Gasteiger partial charge in [0, 0.05) is 22.9 Å². The Bertz CT molecular complexity index is 984. The SMILES string of the molecule is C[C@H]1C[C@@H]1C(=O)Nc1cccc(C(=O)Nc2cccc(-n3cnnc3)c2)c1. The van der Waals surface area contributed by atoms with Crippen LogP contribution in [0.1, 0.15) is 23.7 Å². The van der Waals surface area contributed by atoms with Gasteiger partial charge < -0.3 is 10.6 Å². The molecule has 0 bridgehead atoms. The van der Waals surface area contributed by atoms with Crippen molar-refractivity contribution < 1.29 is 9.59 Å². The summed E-state index contributed by atoms with van der Waals surface area (Å²) in [7, 11) is 0. The number of aromatic nitrogens is 3. The summed E-state index contributed by atoms with van der Waals surface area (Å²) < 4.78 is 1.75. The lowest BCUT2D eigenvalue weighted by atomic mass is 10.1. The van der Waals surface area contributed by atoms with Gasteiger partial charge in [-0.15, -0.1) is 10.2 Å². The van der Waals surface area contributed by atoms with Crippen molar-refractivity contribution in [2.24, 2.45) is 11.8 Å². The maximum absolute atomic E-state index is 12.6. The molecule has 1 fully saturated rings. The molecule has 0 radical (unpaired) electrons. The number of amides is 2. The first-order valence-electron chi connectivity index (χ1n) is 8.77. The molecular formula is C20H19N5O2. The molecule has 0 saturated heterocycles. The number of nitrogens with zero attached hydrogens (tertiary/aromatic N) is 3. The third kappa shape index (κ3) is 3.87. The third-order valence-electron chi connectivity index (χ3n) is 4.66. The lowest BCUT2D eigenvalue weighted by molar-refractivity contribution is -0.117. The van der Waals surface area contributed by atoms with E-state index < -0.39 is 0 Å². The van der Waals surface area contributed by atoms with Crippen LogP contribution in [-0.2, 0) is 4.79 Å². The standard InChI is InChI=1S/C20H19N5O2/c1-13-8-18(13)20(27)24-15-5-2-4-14(9-15)19(26)23-16-6-3-7-17(10-16)25-11-21-22-12-25/h2-7,9-13,18H,8H2,1H3,(H,23,26)(H,24,27)/t13-,18-/m0/s1. The minimum Gasteiger partial charge on any atom is -0.326 e. The predicted octanol–water partition coefficient (Wildman–Crippen LogP) is 3.11. The Morgan fingerprint density at radius 2 is 1.67 bits per heavy atom. The molecule has 1 aliphatic carbocycles.